The van der Waals surface area contributed by atoms with Gasteiger partial charge >= 0.3 is 0 Å². The van der Waals surface area contributed by atoms with Crippen molar-refractivity contribution in [1.29, 1.82) is 0 Å². The van der Waals surface area contributed by atoms with Crippen LogP contribution < -0.4 is 5.32 Å². The Morgan fingerprint density at radius 2 is 1.66 bits per heavy atom. The van der Waals surface area contributed by atoms with Gasteiger partial charge in [0.2, 0.25) is 11.8 Å². The van der Waals surface area contributed by atoms with Crippen molar-refractivity contribution in [3.63, 3.8) is 0 Å². The second kappa shape index (κ2) is 13.9. The van der Waals surface area contributed by atoms with E-state index in [1.807, 2.05) is 49.4 Å². The molecule has 35 heavy (non-hydrogen) atoms. The minimum absolute atomic E-state index is 0.133. The van der Waals surface area contributed by atoms with E-state index in [4.69, 9.17) is 11.6 Å². The summed E-state index contributed by atoms with van der Waals surface area (Å²) >= 11 is 7.39. The van der Waals surface area contributed by atoms with Gasteiger partial charge in [0.15, 0.2) is 0 Å². The fraction of sp³-hybridized carbons (Fsp3) is 0.286. The third-order valence-corrected chi connectivity index (χ3v) is 6.75. The summed E-state index contributed by atoms with van der Waals surface area (Å²) in [7, 11) is 0. The Bertz CT molecular complexity index is 1100. The summed E-state index contributed by atoms with van der Waals surface area (Å²) in [5, 5.41) is 3.57. The van der Waals surface area contributed by atoms with Crippen LogP contribution in [0.4, 0.5) is 4.39 Å². The topological polar surface area (TPSA) is 49.4 Å². The van der Waals surface area contributed by atoms with Crippen molar-refractivity contribution in [2.24, 2.45) is 0 Å². The van der Waals surface area contributed by atoms with E-state index < -0.39 is 6.04 Å². The van der Waals surface area contributed by atoms with E-state index in [0.29, 0.717) is 29.3 Å². The number of halogens is 2. The molecule has 0 bridgehead atoms. The lowest BCUT2D eigenvalue weighted by Crippen LogP contribution is -2.51. The van der Waals surface area contributed by atoms with Gasteiger partial charge in [-0.2, -0.15) is 0 Å². The molecule has 0 saturated carbocycles. The maximum atomic E-state index is 14.0. The SMILES string of the molecule is CCCNC(=O)[C@H](Cc1ccccc1)N(Cc1ccc(Cl)cc1)C(=O)CSCc1ccccc1F. The minimum Gasteiger partial charge on any atom is -0.354 e. The Morgan fingerprint density at radius 1 is 0.971 bits per heavy atom. The average Bonchev–Trinajstić information content (AvgIpc) is 2.87. The van der Waals surface area contributed by atoms with Crippen LogP contribution in [0.2, 0.25) is 5.02 Å². The first kappa shape index (κ1) is 26.8. The van der Waals surface area contributed by atoms with Crippen LogP contribution in [0, 0.1) is 5.82 Å². The molecule has 3 rings (SSSR count). The van der Waals surface area contributed by atoms with Crippen LogP contribution in [0.3, 0.4) is 0 Å². The van der Waals surface area contributed by atoms with Crippen LogP contribution >= 0.6 is 23.4 Å². The van der Waals surface area contributed by atoms with Crippen LogP contribution in [0.1, 0.15) is 30.0 Å². The second-order valence-electron chi connectivity index (χ2n) is 8.23. The number of amides is 2. The highest BCUT2D eigenvalue weighted by Crippen LogP contribution is 2.20. The molecule has 0 aliphatic rings. The Balaban J connectivity index is 1.83. The molecule has 0 fully saturated rings. The summed E-state index contributed by atoms with van der Waals surface area (Å²) in [6.45, 7) is 2.80. The summed E-state index contributed by atoms with van der Waals surface area (Å²) in [5.41, 5.74) is 2.40. The van der Waals surface area contributed by atoms with Gasteiger partial charge in [-0.3, -0.25) is 9.59 Å². The largest absolute Gasteiger partial charge is 0.354 e. The first-order chi connectivity index (χ1) is 17.0. The van der Waals surface area contributed by atoms with E-state index >= 15 is 0 Å². The zero-order chi connectivity index (χ0) is 25.0. The van der Waals surface area contributed by atoms with E-state index in [2.05, 4.69) is 5.32 Å². The van der Waals surface area contributed by atoms with Gasteiger partial charge in [0.05, 0.1) is 5.75 Å². The van der Waals surface area contributed by atoms with E-state index in [1.54, 1.807) is 35.2 Å². The van der Waals surface area contributed by atoms with Gasteiger partial charge in [0.25, 0.3) is 0 Å². The van der Waals surface area contributed by atoms with E-state index in [-0.39, 0.29) is 29.9 Å². The van der Waals surface area contributed by atoms with Crippen molar-refractivity contribution in [1.82, 2.24) is 10.2 Å². The fourth-order valence-electron chi connectivity index (χ4n) is 3.65. The highest BCUT2D eigenvalue weighted by Gasteiger charge is 2.30. The number of carbonyl (C=O) groups is 2. The van der Waals surface area contributed by atoms with Crippen molar-refractivity contribution in [3.8, 4) is 0 Å². The van der Waals surface area contributed by atoms with Gasteiger partial charge in [-0.15, -0.1) is 11.8 Å². The van der Waals surface area contributed by atoms with Crippen molar-refractivity contribution < 1.29 is 14.0 Å². The normalized spacial score (nSPS) is 11.6. The van der Waals surface area contributed by atoms with Gasteiger partial charge in [0, 0.05) is 30.3 Å². The van der Waals surface area contributed by atoms with Gasteiger partial charge in [-0.25, -0.2) is 4.39 Å². The molecule has 1 atom stereocenters. The van der Waals surface area contributed by atoms with E-state index in [9.17, 15) is 14.0 Å². The zero-order valence-electron chi connectivity index (χ0n) is 19.8. The van der Waals surface area contributed by atoms with Crippen LogP contribution in [-0.2, 0) is 28.3 Å². The molecule has 2 amide bonds. The molecule has 0 unspecified atom stereocenters. The molecule has 4 nitrogen and oxygen atoms in total. The molecule has 3 aromatic rings. The third-order valence-electron chi connectivity index (χ3n) is 5.53. The van der Waals surface area contributed by atoms with Crippen molar-refractivity contribution in [2.45, 2.75) is 38.1 Å². The first-order valence-electron chi connectivity index (χ1n) is 11.6. The molecule has 0 saturated heterocycles. The number of carbonyl (C=O) groups excluding carboxylic acids is 2. The van der Waals surface area contributed by atoms with Gasteiger partial charge in [-0.05, 0) is 41.3 Å². The van der Waals surface area contributed by atoms with Crippen LogP contribution in [0.25, 0.3) is 0 Å². The predicted octanol–water partition coefficient (Wildman–Crippen LogP) is 5.88. The lowest BCUT2D eigenvalue weighted by molar-refractivity contribution is -0.139. The smallest absolute Gasteiger partial charge is 0.243 e. The molecular weight excluding hydrogens is 483 g/mol. The molecule has 0 heterocycles. The zero-order valence-corrected chi connectivity index (χ0v) is 21.3. The number of hydrogen-bond donors (Lipinski definition) is 1. The van der Waals surface area contributed by atoms with Crippen molar-refractivity contribution >= 4 is 35.2 Å². The highest BCUT2D eigenvalue weighted by molar-refractivity contribution is 7.99. The second-order valence-corrected chi connectivity index (χ2v) is 9.65. The fourth-order valence-corrected chi connectivity index (χ4v) is 4.68. The standard InChI is InChI=1S/C28H30ClFN2O2S/c1-2-16-31-28(34)26(17-21-8-4-3-5-9-21)32(18-22-12-14-24(29)15-13-22)27(33)20-35-19-23-10-6-7-11-25(23)30/h3-15,26H,2,16-20H2,1H3,(H,31,34)/t26-/m0/s1. The van der Waals surface area contributed by atoms with Crippen LogP contribution in [0.5, 0.6) is 0 Å². The molecular formula is C28H30ClFN2O2S. The summed E-state index contributed by atoms with van der Waals surface area (Å²) in [6, 6.07) is 22.8. The molecule has 7 heteroatoms. The molecule has 0 aliphatic heterocycles. The van der Waals surface area contributed by atoms with E-state index in [0.717, 1.165) is 17.5 Å². The summed E-state index contributed by atoms with van der Waals surface area (Å²) in [6.07, 6.45) is 1.20. The molecule has 1 N–H and O–H groups in total. The summed E-state index contributed by atoms with van der Waals surface area (Å²) < 4.78 is 14.0. The monoisotopic (exact) mass is 512 g/mol. The molecule has 0 spiro atoms. The van der Waals surface area contributed by atoms with Gasteiger partial charge in [-0.1, -0.05) is 79.2 Å². The Morgan fingerprint density at radius 3 is 2.34 bits per heavy atom. The highest BCUT2D eigenvalue weighted by atomic mass is 35.5. The average molecular weight is 513 g/mol. The number of rotatable bonds is 12. The van der Waals surface area contributed by atoms with Crippen molar-refractivity contribution in [3.05, 3.63) is 106 Å². The quantitative estimate of drug-likeness (QED) is 0.330. The predicted molar refractivity (Wildman–Crippen MR) is 142 cm³/mol. The lowest BCUT2D eigenvalue weighted by Gasteiger charge is -2.31. The molecule has 3 aromatic carbocycles. The molecule has 0 aromatic heterocycles. The Hall–Kier alpha value is -2.83. The lowest BCUT2D eigenvalue weighted by atomic mass is 10.0. The first-order valence-corrected chi connectivity index (χ1v) is 13.2. The van der Waals surface area contributed by atoms with Crippen LogP contribution in [0.15, 0.2) is 78.9 Å². The van der Waals surface area contributed by atoms with Gasteiger partial charge < -0.3 is 10.2 Å². The number of nitrogens with zero attached hydrogens (tertiary/aromatic N) is 1. The number of benzene rings is 3. The Kier molecular flexibility index (Phi) is 10.6. The maximum Gasteiger partial charge on any atom is 0.243 e. The summed E-state index contributed by atoms with van der Waals surface area (Å²) in [4.78, 5) is 28.4. The van der Waals surface area contributed by atoms with Gasteiger partial charge in [0.1, 0.15) is 11.9 Å². The third kappa shape index (κ3) is 8.41. The number of nitrogens with one attached hydrogen (secondary N) is 1. The maximum absolute atomic E-state index is 14.0. The van der Waals surface area contributed by atoms with Crippen molar-refractivity contribution in [2.75, 3.05) is 12.3 Å². The number of hydrogen-bond acceptors (Lipinski definition) is 3. The minimum atomic E-state index is -0.679. The molecule has 0 radical (unpaired) electrons. The summed E-state index contributed by atoms with van der Waals surface area (Å²) in [5.74, 6) is -0.135. The number of thioether (sulfide) groups is 1. The molecule has 184 valence electrons. The van der Waals surface area contributed by atoms with E-state index in [1.165, 1.54) is 17.8 Å². The molecule has 0 aliphatic carbocycles. The van der Waals surface area contributed by atoms with Crippen LogP contribution in [-0.4, -0.2) is 35.1 Å². The Labute approximate surface area is 215 Å².